The van der Waals surface area contributed by atoms with E-state index in [2.05, 4.69) is 34.1 Å². The lowest BCUT2D eigenvalue weighted by Gasteiger charge is -2.45. The summed E-state index contributed by atoms with van der Waals surface area (Å²) in [5.41, 5.74) is 1.14. The number of aromatic nitrogens is 1. The van der Waals surface area contributed by atoms with Crippen molar-refractivity contribution < 1.29 is 14.7 Å². The summed E-state index contributed by atoms with van der Waals surface area (Å²) in [5.74, 6) is -1.14. The highest BCUT2D eigenvalue weighted by Gasteiger charge is 2.59. The zero-order valence-electron chi connectivity index (χ0n) is 16.9. The Hall–Kier alpha value is -2.50. The van der Waals surface area contributed by atoms with Gasteiger partial charge < -0.3 is 19.9 Å². The number of nitrogens with one attached hydrogen (secondary N) is 1. The molecule has 28 heavy (non-hydrogen) atoms. The third kappa shape index (κ3) is 2.69. The number of hydrogen-bond donors (Lipinski definition) is 2. The van der Waals surface area contributed by atoms with Crippen molar-refractivity contribution >= 4 is 28.5 Å². The maximum atomic E-state index is 13.4. The Kier molecular flexibility index (Phi) is 4.40. The first-order valence-electron chi connectivity index (χ1n) is 10.1. The molecule has 1 aromatic heterocycles. The maximum absolute atomic E-state index is 13.4. The molecule has 0 spiro atoms. The van der Waals surface area contributed by atoms with E-state index in [9.17, 15) is 14.7 Å². The molecule has 6 nitrogen and oxygen atoms in total. The molecule has 2 aliphatic rings. The van der Waals surface area contributed by atoms with Crippen LogP contribution in [0.3, 0.4) is 0 Å². The van der Waals surface area contributed by atoms with Gasteiger partial charge in [0.1, 0.15) is 0 Å². The number of piperazine rings is 1. The number of carbonyl (C=O) groups excluding carboxylic acids is 1. The largest absolute Gasteiger partial charge is 0.481 e. The minimum Gasteiger partial charge on any atom is -0.481 e. The van der Waals surface area contributed by atoms with Gasteiger partial charge in [0.25, 0.3) is 0 Å². The smallest absolute Gasteiger partial charge is 0.307 e. The number of nitrogens with zero attached hydrogens (tertiary/aromatic N) is 2. The number of carbonyl (C=O) groups is 2. The second-order valence-corrected chi connectivity index (χ2v) is 8.98. The predicted molar refractivity (Wildman–Crippen MR) is 109 cm³/mol. The molecule has 2 atom stereocenters. The van der Waals surface area contributed by atoms with Crippen LogP contribution < -0.4 is 4.90 Å². The van der Waals surface area contributed by atoms with Crippen molar-refractivity contribution in [3.8, 4) is 0 Å². The number of anilines is 1. The van der Waals surface area contributed by atoms with Gasteiger partial charge in [0.2, 0.25) is 5.91 Å². The van der Waals surface area contributed by atoms with Gasteiger partial charge in [0.15, 0.2) is 0 Å². The van der Waals surface area contributed by atoms with Gasteiger partial charge in [-0.1, -0.05) is 26.8 Å². The summed E-state index contributed by atoms with van der Waals surface area (Å²) < 4.78 is 0. The summed E-state index contributed by atoms with van der Waals surface area (Å²) in [6.45, 7) is 8.76. The second-order valence-electron chi connectivity index (χ2n) is 8.98. The van der Waals surface area contributed by atoms with Gasteiger partial charge in [-0.2, -0.15) is 0 Å². The lowest BCUT2D eigenvalue weighted by atomic mass is 9.65. The SMILES string of the molecule is CC1(C(=O)N2CCN(c3cccc4[nH]ccc34)CC2)CCC(C(=O)O)C1(C)C. The normalized spacial score (nSPS) is 27.3. The molecule has 0 bridgehead atoms. The zero-order valence-corrected chi connectivity index (χ0v) is 16.9. The molecule has 4 rings (SSSR count). The Balaban J connectivity index is 1.49. The van der Waals surface area contributed by atoms with Crippen molar-refractivity contribution in [3.05, 3.63) is 30.5 Å². The molecule has 2 N–H and O–H groups in total. The van der Waals surface area contributed by atoms with Crippen molar-refractivity contribution in [2.75, 3.05) is 31.1 Å². The number of aliphatic carboxylic acids is 1. The fraction of sp³-hybridized carbons (Fsp3) is 0.545. The first-order chi connectivity index (χ1) is 13.3. The van der Waals surface area contributed by atoms with Crippen LogP contribution in [-0.4, -0.2) is 53.0 Å². The van der Waals surface area contributed by atoms with E-state index >= 15 is 0 Å². The Morgan fingerprint density at radius 2 is 1.82 bits per heavy atom. The van der Waals surface area contributed by atoms with Crippen LogP contribution in [0.5, 0.6) is 0 Å². The van der Waals surface area contributed by atoms with Crippen LogP contribution >= 0.6 is 0 Å². The van der Waals surface area contributed by atoms with Crippen molar-refractivity contribution in [2.24, 2.45) is 16.7 Å². The van der Waals surface area contributed by atoms with Gasteiger partial charge in [0, 0.05) is 49.0 Å². The van der Waals surface area contributed by atoms with Gasteiger partial charge in [-0.15, -0.1) is 0 Å². The molecule has 2 aromatic rings. The number of rotatable bonds is 3. The first-order valence-corrected chi connectivity index (χ1v) is 10.1. The van der Waals surface area contributed by atoms with Crippen LogP contribution in [0.25, 0.3) is 10.9 Å². The molecule has 1 aliphatic carbocycles. The van der Waals surface area contributed by atoms with E-state index in [-0.39, 0.29) is 5.91 Å². The minimum absolute atomic E-state index is 0.112. The third-order valence-corrected chi connectivity index (χ3v) is 7.48. The number of benzene rings is 1. The number of carboxylic acids is 1. The summed E-state index contributed by atoms with van der Waals surface area (Å²) in [6.07, 6.45) is 3.16. The molecule has 150 valence electrons. The van der Waals surface area contributed by atoms with Crippen LogP contribution in [0.1, 0.15) is 33.6 Å². The molecule has 1 amide bonds. The number of carboxylic acid groups (broad SMARTS) is 1. The molecule has 1 saturated heterocycles. The molecule has 1 saturated carbocycles. The summed E-state index contributed by atoms with van der Waals surface area (Å²) in [7, 11) is 0. The van der Waals surface area contributed by atoms with Crippen LogP contribution in [0.15, 0.2) is 30.5 Å². The lowest BCUT2D eigenvalue weighted by Crippen LogP contribution is -2.55. The Bertz CT molecular complexity index is 911. The van der Waals surface area contributed by atoms with Gasteiger partial charge in [0.05, 0.1) is 11.3 Å². The third-order valence-electron chi connectivity index (χ3n) is 7.48. The van der Waals surface area contributed by atoms with Crippen molar-refractivity contribution in [2.45, 2.75) is 33.6 Å². The van der Waals surface area contributed by atoms with Crippen LogP contribution in [0.2, 0.25) is 0 Å². The van der Waals surface area contributed by atoms with Crippen molar-refractivity contribution in [3.63, 3.8) is 0 Å². The maximum Gasteiger partial charge on any atom is 0.307 e. The van der Waals surface area contributed by atoms with Gasteiger partial charge in [-0.3, -0.25) is 9.59 Å². The standard InChI is InChI=1S/C22H29N3O3/c1-21(2)16(19(26)27)7-9-22(21,3)20(28)25-13-11-24(12-14-25)18-6-4-5-17-15(18)8-10-23-17/h4-6,8,10,16,23H,7,9,11-14H2,1-3H3,(H,26,27). The van der Waals surface area contributed by atoms with E-state index in [0.717, 1.165) is 18.6 Å². The fourth-order valence-electron chi connectivity index (χ4n) is 5.16. The lowest BCUT2D eigenvalue weighted by molar-refractivity contribution is -0.153. The summed E-state index contributed by atoms with van der Waals surface area (Å²) in [6, 6.07) is 8.35. The average molecular weight is 383 g/mol. The summed E-state index contributed by atoms with van der Waals surface area (Å²) in [5, 5.41) is 10.8. The number of hydrogen-bond acceptors (Lipinski definition) is 3. The van der Waals surface area contributed by atoms with Crippen LogP contribution in [0.4, 0.5) is 5.69 Å². The molecule has 1 aliphatic heterocycles. The van der Waals surface area contributed by atoms with E-state index < -0.39 is 22.7 Å². The zero-order chi connectivity index (χ0) is 20.1. The molecule has 0 radical (unpaired) electrons. The quantitative estimate of drug-likeness (QED) is 0.852. The van der Waals surface area contributed by atoms with E-state index in [1.54, 1.807) is 0 Å². The van der Waals surface area contributed by atoms with E-state index in [0.29, 0.717) is 25.9 Å². The Morgan fingerprint density at radius 3 is 2.46 bits per heavy atom. The van der Waals surface area contributed by atoms with Crippen molar-refractivity contribution in [1.29, 1.82) is 0 Å². The molecule has 1 aromatic carbocycles. The van der Waals surface area contributed by atoms with E-state index in [1.807, 2.05) is 31.9 Å². The van der Waals surface area contributed by atoms with Gasteiger partial charge in [-0.05, 0) is 36.5 Å². The topological polar surface area (TPSA) is 76.6 Å². The minimum atomic E-state index is -0.786. The first kappa shape index (κ1) is 18.8. The van der Waals surface area contributed by atoms with E-state index in [1.165, 1.54) is 11.1 Å². The second kappa shape index (κ2) is 6.54. The number of aromatic amines is 1. The molecule has 2 heterocycles. The van der Waals surface area contributed by atoms with E-state index in [4.69, 9.17) is 0 Å². The Labute approximate surface area is 165 Å². The Morgan fingerprint density at radius 1 is 1.11 bits per heavy atom. The van der Waals surface area contributed by atoms with Gasteiger partial charge >= 0.3 is 5.97 Å². The van der Waals surface area contributed by atoms with Crippen molar-refractivity contribution in [1.82, 2.24) is 9.88 Å². The molecular formula is C22H29N3O3. The average Bonchev–Trinajstić information content (AvgIpc) is 3.24. The monoisotopic (exact) mass is 383 g/mol. The molecule has 2 fully saturated rings. The predicted octanol–water partition coefficient (Wildman–Crippen LogP) is 3.34. The fourth-order valence-corrected chi connectivity index (χ4v) is 5.16. The highest BCUT2D eigenvalue weighted by atomic mass is 16.4. The molecular weight excluding hydrogens is 354 g/mol. The highest BCUT2D eigenvalue weighted by Crippen LogP contribution is 2.56. The molecule has 2 unspecified atom stereocenters. The molecule has 6 heteroatoms. The number of amides is 1. The van der Waals surface area contributed by atoms with Crippen LogP contribution in [0, 0.1) is 16.7 Å². The summed E-state index contributed by atoms with van der Waals surface area (Å²) in [4.78, 5) is 32.6. The highest BCUT2D eigenvalue weighted by molar-refractivity contribution is 5.92. The summed E-state index contributed by atoms with van der Waals surface area (Å²) >= 11 is 0. The van der Waals surface area contributed by atoms with Crippen LogP contribution in [-0.2, 0) is 9.59 Å². The van der Waals surface area contributed by atoms with Gasteiger partial charge in [-0.25, -0.2) is 0 Å². The number of fused-ring (bicyclic) bond motifs is 1. The number of H-pyrrole nitrogens is 1.